The summed E-state index contributed by atoms with van der Waals surface area (Å²) in [5.41, 5.74) is 1.48. The average molecular weight is 387 g/mol. The Morgan fingerprint density at radius 1 is 1.11 bits per heavy atom. The molecule has 0 aliphatic carbocycles. The molecule has 7 heteroatoms. The number of hydrogen-bond donors (Lipinski definition) is 2. The highest BCUT2D eigenvalue weighted by Gasteiger charge is 2.12. The third kappa shape index (κ3) is 4.23. The van der Waals surface area contributed by atoms with Crippen LogP contribution in [0.1, 0.15) is 15.9 Å². The van der Waals surface area contributed by atoms with E-state index < -0.39 is 0 Å². The van der Waals surface area contributed by atoms with Gasteiger partial charge in [-0.25, -0.2) is 0 Å². The molecular weight excluding hydrogens is 368 g/mol. The summed E-state index contributed by atoms with van der Waals surface area (Å²) >= 11 is 5.98. The molecule has 0 aliphatic rings. The van der Waals surface area contributed by atoms with Gasteiger partial charge in [0.2, 0.25) is 5.55 Å². The Morgan fingerprint density at radius 3 is 2.63 bits per heavy atom. The average Bonchev–Trinajstić information content (AvgIpc) is 2.67. The topological polar surface area (TPSA) is 84.5 Å². The molecule has 0 bridgehead atoms. The van der Waals surface area contributed by atoms with E-state index in [0.717, 1.165) is 5.56 Å². The Morgan fingerprint density at radius 2 is 1.89 bits per heavy atom. The first-order valence-corrected chi connectivity index (χ1v) is 8.66. The summed E-state index contributed by atoms with van der Waals surface area (Å²) in [5, 5.41) is 12.0. The van der Waals surface area contributed by atoms with Gasteiger partial charge in [-0.15, -0.1) is 0 Å². The van der Waals surface area contributed by atoms with Crippen molar-refractivity contribution >= 4 is 28.5 Å². The van der Waals surface area contributed by atoms with Crippen LogP contribution in [0.4, 0.5) is 0 Å². The van der Waals surface area contributed by atoms with Crippen molar-refractivity contribution in [2.75, 3.05) is 20.8 Å². The highest BCUT2D eigenvalue weighted by Crippen LogP contribution is 2.27. The summed E-state index contributed by atoms with van der Waals surface area (Å²) in [6.07, 6.45) is 0.607. The highest BCUT2D eigenvalue weighted by molar-refractivity contribution is 6.31. The van der Waals surface area contributed by atoms with Crippen LogP contribution < -0.4 is 20.3 Å². The highest BCUT2D eigenvalue weighted by atomic mass is 35.5. The summed E-state index contributed by atoms with van der Waals surface area (Å²) in [6, 6.07) is 12.3. The second kappa shape index (κ2) is 8.14. The molecule has 0 saturated carbocycles. The Balaban J connectivity index is 1.70. The summed E-state index contributed by atoms with van der Waals surface area (Å²) in [4.78, 5) is 12.4. The molecule has 2 N–H and O–H groups in total. The van der Waals surface area contributed by atoms with Crippen molar-refractivity contribution in [2.24, 2.45) is 0 Å². The maximum absolute atomic E-state index is 12.4. The van der Waals surface area contributed by atoms with Crippen molar-refractivity contribution in [3.8, 4) is 11.5 Å². The number of hydrogen-bond acceptors (Lipinski definition) is 5. The molecule has 1 aromatic heterocycles. The van der Waals surface area contributed by atoms with Crippen LogP contribution >= 0.6 is 11.6 Å². The molecule has 3 aromatic rings. The predicted molar refractivity (Wildman–Crippen MR) is 103 cm³/mol. The van der Waals surface area contributed by atoms with E-state index in [9.17, 15) is 4.79 Å². The number of benzene rings is 2. The van der Waals surface area contributed by atoms with Gasteiger partial charge in [-0.2, -0.15) is 0 Å². The fraction of sp³-hybridized carbons (Fsp3) is 0.200. The summed E-state index contributed by atoms with van der Waals surface area (Å²) in [5.74, 6) is 0.923. The molecule has 0 fully saturated rings. The normalized spacial score (nSPS) is 10.6. The predicted octanol–water partition coefficient (Wildman–Crippen LogP) is 3.56. The SMILES string of the molecule is COc1ccc(CCNC(=O)c2cc3cc(Cl)ccc3oc2=N)cc1OC. The minimum absolute atomic E-state index is 0.164. The number of carbonyl (C=O) groups excluding carboxylic acids is 1. The number of halogens is 1. The second-order valence-corrected chi connectivity index (χ2v) is 6.30. The van der Waals surface area contributed by atoms with Crippen LogP contribution in [0.25, 0.3) is 11.0 Å². The standard InChI is InChI=1S/C20H19ClN2O4/c1-25-17-5-3-12(9-18(17)26-2)7-8-23-20(24)15-11-13-10-14(21)4-6-16(13)27-19(15)22/h3-6,9-11,22H,7-8H2,1-2H3,(H,23,24). The lowest BCUT2D eigenvalue weighted by atomic mass is 10.1. The molecule has 0 saturated heterocycles. The molecule has 140 valence electrons. The molecule has 0 spiro atoms. The Bertz CT molecular complexity index is 1050. The largest absolute Gasteiger partial charge is 0.493 e. The van der Waals surface area contributed by atoms with Crippen molar-refractivity contribution in [1.29, 1.82) is 5.41 Å². The summed E-state index contributed by atoms with van der Waals surface area (Å²) < 4.78 is 15.9. The summed E-state index contributed by atoms with van der Waals surface area (Å²) in [6.45, 7) is 0.404. The number of carbonyl (C=O) groups is 1. The zero-order chi connectivity index (χ0) is 19.4. The van der Waals surface area contributed by atoms with Crippen LogP contribution in [0, 0.1) is 5.41 Å². The van der Waals surface area contributed by atoms with Gasteiger partial charge in [0.1, 0.15) is 11.1 Å². The number of nitrogens with one attached hydrogen (secondary N) is 2. The van der Waals surface area contributed by atoms with Gasteiger partial charge in [-0.3, -0.25) is 10.2 Å². The second-order valence-electron chi connectivity index (χ2n) is 5.87. The number of fused-ring (bicyclic) bond motifs is 1. The van der Waals surface area contributed by atoms with Gasteiger partial charge in [0, 0.05) is 17.0 Å². The molecule has 0 aliphatic heterocycles. The monoisotopic (exact) mass is 386 g/mol. The van der Waals surface area contributed by atoms with Gasteiger partial charge in [-0.05, 0) is 48.4 Å². The zero-order valence-electron chi connectivity index (χ0n) is 15.0. The molecule has 0 radical (unpaired) electrons. The molecule has 1 amide bonds. The van der Waals surface area contributed by atoms with Crippen LogP contribution in [0.5, 0.6) is 11.5 Å². The molecule has 3 rings (SSSR count). The fourth-order valence-corrected chi connectivity index (χ4v) is 2.91. The maximum Gasteiger partial charge on any atom is 0.256 e. The van der Waals surface area contributed by atoms with E-state index >= 15 is 0 Å². The van der Waals surface area contributed by atoms with Gasteiger partial charge < -0.3 is 19.2 Å². The lowest BCUT2D eigenvalue weighted by Gasteiger charge is -2.10. The van der Waals surface area contributed by atoms with Gasteiger partial charge in [-0.1, -0.05) is 17.7 Å². The van der Waals surface area contributed by atoms with Gasteiger partial charge in [0.25, 0.3) is 5.91 Å². The van der Waals surface area contributed by atoms with E-state index in [4.69, 9.17) is 30.9 Å². The lowest BCUT2D eigenvalue weighted by molar-refractivity contribution is 0.0950. The van der Waals surface area contributed by atoms with E-state index in [-0.39, 0.29) is 17.0 Å². The minimum Gasteiger partial charge on any atom is -0.493 e. The van der Waals surface area contributed by atoms with Gasteiger partial charge >= 0.3 is 0 Å². The van der Waals surface area contributed by atoms with Gasteiger partial charge in [0.15, 0.2) is 11.5 Å². The number of methoxy groups -OCH3 is 2. The Labute approximate surface area is 161 Å². The number of rotatable bonds is 6. The number of amides is 1. The van der Waals surface area contributed by atoms with Crippen molar-refractivity contribution in [1.82, 2.24) is 5.32 Å². The molecule has 1 heterocycles. The quantitative estimate of drug-likeness (QED) is 0.678. The Kier molecular flexibility index (Phi) is 5.66. The van der Waals surface area contributed by atoms with Crippen molar-refractivity contribution in [3.63, 3.8) is 0 Å². The van der Waals surface area contributed by atoms with Crippen LogP contribution in [-0.4, -0.2) is 26.7 Å². The molecule has 0 unspecified atom stereocenters. The van der Waals surface area contributed by atoms with Crippen molar-refractivity contribution < 1.29 is 18.7 Å². The first kappa shape index (κ1) is 18.8. The third-order valence-corrected chi connectivity index (χ3v) is 4.36. The number of ether oxygens (including phenoxy) is 2. The van der Waals surface area contributed by atoms with Crippen LogP contribution in [0.15, 0.2) is 46.9 Å². The molecule has 2 aromatic carbocycles. The van der Waals surface area contributed by atoms with Crippen LogP contribution in [0.3, 0.4) is 0 Å². The lowest BCUT2D eigenvalue weighted by Crippen LogP contribution is -2.30. The van der Waals surface area contributed by atoms with E-state index in [0.29, 0.717) is 40.5 Å². The van der Waals surface area contributed by atoms with E-state index in [1.165, 1.54) is 0 Å². The third-order valence-electron chi connectivity index (χ3n) is 4.12. The smallest absolute Gasteiger partial charge is 0.256 e. The van der Waals surface area contributed by atoms with Crippen molar-refractivity contribution in [2.45, 2.75) is 6.42 Å². The fourth-order valence-electron chi connectivity index (χ4n) is 2.73. The van der Waals surface area contributed by atoms with Crippen molar-refractivity contribution in [3.05, 3.63) is 64.2 Å². The van der Waals surface area contributed by atoms with E-state index in [1.807, 2.05) is 18.2 Å². The minimum atomic E-state index is -0.369. The molecule has 0 atom stereocenters. The molecule has 27 heavy (non-hydrogen) atoms. The zero-order valence-corrected chi connectivity index (χ0v) is 15.7. The molecule has 6 nitrogen and oxygen atoms in total. The summed E-state index contributed by atoms with van der Waals surface area (Å²) in [7, 11) is 3.16. The first-order chi connectivity index (χ1) is 13.0. The van der Waals surface area contributed by atoms with E-state index in [2.05, 4.69) is 5.32 Å². The first-order valence-electron chi connectivity index (χ1n) is 8.29. The van der Waals surface area contributed by atoms with Crippen LogP contribution in [-0.2, 0) is 6.42 Å². The van der Waals surface area contributed by atoms with E-state index in [1.54, 1.807) is 38.5 Å². The maximum atomic E-state index is 12.4. The van der Waals surface area contributed by atoms with Gasteiger partial charge in [0.05, 0.1) is 14.2 Å². The van der Waals surface area contributed by atoms with Crippen LogP contribution in [0.2, 0.25) is 5.02 Å². The molecular formula is C20H19ClN2O4. The Hall–Kier alpha value is -2.99.